The van der Waals surface area contributed by atoms with E-state index in [0.717, 1.165) is 6.54 Å². The van der Waals surface area contributed by atoms with Crippen LogP contribution >= 0.6 is 15.9 Å². The lowest BCUT2D eigenvalue weighted by atomic mass is 9.78. The van der Waals surface area contributed by atoms with Crippen molar-refractivity contribution in [3.63, 3.8) is 0 Å². The van der Waals surface area contributed by atoms with Crippen LogP contribution in [0.15, 0.2) is 22.7 Å². The van der Waals surface area contributed by atoms with Crippen LogP contribution in [0.1, 0.15) is 39.2 Å². The summed E-state index contributed by atoms with van der Waals surface area (Å²) < 4.78 is 1.19. The molecule has 0 saturated heterocycles. The van der Waals surface area contributed by atoms with E-state index < -0.39 is 0 Å². The van der Waals surface area contributed by atoms with Crippen LogP contribution in [0.2, 0.25) is 0 Å². The van der Waals surface area contributed by atoms with Crippen LogP contribution in [0.5, 0.6) is 0 Å². The smallest absolute Gasteiger partial charge is 0.0416 e. The predicted octanol–water partition coefficient (Wildman–Crippen LogP) is 4.35. The Kier molecular flexibility index (Phi) is 3.29. The molecule has 0 N–H and O–H groups in total. The van der Waals surface area contributed by atoms with Gasteiger partial charge in [-0.15, -0.1) is 0 Å². The second-order valence-corrected chi connectivity index (χ2v) is 5.58. The average molecular weight is 282 g/mol. The van der Waals surface area contributed by atoms with Crippen molar-refractivity contribution >= 4 is 21.6 Å². The van der Waals surface area contributed by atoms with Crippen molar-refractivity contribution in [1.82, 2.24) is 0 Å². The lowest BCUT2D eigenvalue weighted by molar-refractivity contribution is 0.421. The van der Waals surface area contributed by atoms with Gasteiger partial charge in [-0.1, -0.05) is 35.8 Å². The largest absolute Gasteiger partial charge is 0.371 e. The zero-order valence-corrected chi connectivity index (χ0v) is 12.0. The number of benzene rings is 1. The topological polar surface area (TPSA) is 3.24 Å². The van der Waals surface area contributed by atoms with Crippen LogP contribution in [0.4, 0.5) is 5.69 Å². The average Bonchev–Trinajstić information content (AvgIpc) is 2.63. The molecular weight excluding hydrogens is 262 g/mol. The number of nitrogens with zero attached hydrogens (tertiary/aromatic N) is 1. The summed E-state index contributed by atoms with van der Waals surface area (Å²) in [5, 5.41) is 0. The van der Waals surface area contributed by atoms with E-state index in [1.807, 2.05) is 0 Å². The Labute approximate surface area is 107 Å². The van der Waals surface area contributed by atoms with E-state index in [9.17, 15) is 0 Å². The summed E-state index contributed by atoms with van der Waals surface area (Å²) in [5.74, 6) is 0. The fourth-order valence-corrected chi connectivity index (χ4v) is 3.24. The Hall–Kier alpha value is -0.500. The van der Waals surface area contributed by atoms with Crippen molar-refractivity contribution < 1.29 is 0 Å². The van der Waals surface area contributed by atoms with E-state index in [1.165, 1.54) is 29.5 Å². The number of anilines is 1. The van der Waals surface area contributed by atoms with Gasteiger partial charge in [0.1, 0.15) is 0 Å². The first kappa shape index (κ1) is 12.0. The third-order valence-corrected chi connectivity index (χ3v) is 4.59. The highest BCUT2D eigenvalue weighted by Gasteiger charge is 2.39. The molecule has 0 atom stereocenters. The first-order valence-corrected chi connectivity index (χ1v) is 7.01. The summed E-state index contributed by atoms with van der Waals surface area (Å²) in [6, 6.07) is 6.76. The summed E-state index contributed by atoms with van der Waals surface area (Å²) in [6.45, 7) is 9.16. The molecule has 0 aromatic heterocycles. The lowest BCUT2D eigenvalue weighted by Gasteiger charge is -2.27. The maximum absolute atomic E-state index is 3.58. The summed E-state index contributed by atoms with van der Waals surface area (Å²) in [7, 11) is 0. The molecule has 1 aliphatic heterocycles. The fourth-order valence-electron chi connectivity index (χ4n) is 2.89. The molecule has 1 nitrogen and oxygen atoms in total. The van der Waals surface area contributed by atoms with Crippen LogP contribution in [-0.2, 0) is 5.41 Å². The van der Waals surface area contributed by atoms with Gasteiger partial charge in [0.15, 0.2) is 0 Å². The van der Waals surface area contributed by atoms with E-state index in [1.54, 1.807) is 5.56 Å². The standard InChI is InChI=1S/C14H20BrN/c1-4-14(5-2)10-16(6-3)13-9-11(15)7-8-12(13)14/h7-9H,4-6,10H2,1-3H3. The van der Waals surface area contributed by atoms with Crippen molar-refractivity contribution in [3.8, 4) is 0 Å². The Bertz CT molecular complexity index is 382. The number of rotatable bonds is 3. The van der Waals surface area contributed by atoms with E-state index in [-0.39, 0.29) is 0 Å². The monoisotopic (exact) mass is 281 g/mol. The number of hydrogen-bond acceptors (Lipinski definition) is 1. The molecule has 0 aliphatic carbocycles. The second-order valence-electron chi connectivity index (χ2n) is 4.66. The molecule has 1 aromatic rings. The Morgan fingerprint density at radius 3 is 2.50 bits per heavy atom. The van der Waals surface area contributed by atoms with Crippen LogP contribution in [-0.4, -0.2) is 13.1 Å². The van der Waals surface area contributed by atoms with Gasteiger partial charge in [0.05, 0.1) is 0 Å². The van der Waals surface area contributed by atoms with Crippen LogP contribution < -0.4 is 4.90 Å². The zero-order chi connectivity index (χ0) is 11.8. The van der Waals surface area contributed by atoms with Crippen LogP contribution in [0.25, 0.3) is 0 Å². The Balaban J connectivity index is 2.53. The predicted molar refractivity (Wildman–Crippen MR) is 74.3 cm³/mol. The van der Waals surface area contributed by atoms with Gasteiger partial charge >= 0.3 is 0 Å². The van der Waals surface area contributed by atoms with E-state index in [0.29, 0.717) is 5.41 Å². The minimum atomic E-state index is 0.381. The molecule has 0 unspecified atom stereocenters. The molecule has 0 spiro atoms. The molecule has 0 bridgehead atoms. The SMILES string of the molecule is CCN1CC(CC)(CC)c2ccc(Br)cc21. The van der Waals surface area contributed by atoms with Crippen LogP contribution in [0, 0.1) is 0 Å². The molecule has 0 radical (unpaired) electrons. The van der Waals surface area contributed by atoms with E-state index >= 15 is 0 Å². The van der Waals surface area contributed by atoms with Gasteiger partial charge in [0.2, 0.25) is 0 Å². The molecule has 88 valence electrons. The van der Waals surface area contributed by atoms with E-state index in [2.05, 4.69) is 59.8 Å². The highest BCUT2D eigenvalue weighted by Crippen LogP contribution is 2.45. The summed E-state index contributed by atoms with van der Waals surface area (Å²) in [6.07, 6.45) is 2.46. The lowest BCUT2D eigenvalue weighted by Crippen LogP contribution is -2.32. The Morgan fingerprint density at radius 2 is 1.94 bits per heavy atom. The highest BCUT2D eigenvalue weighted by atomic mass is 79.9. The number of likely N-dealkylation sites (N-methyl/N-ethyl adjacent to an activating group) is 1. The normalized spacial score (nSPS) is 17.6. The van der Waals surface area contributed by atoms with Gasteiger partial charge < -0.3 is 4.90 Å². The third kappa shape index (κ3) is 1.67. The van der Waals surface area contributed by atoms with Gasteiger partial charge in [-0.25, -0.2) is 0 Å². The quantitative estimate of drug-likeness (QED) is 0.796. The minimum absolute atomic E-state index is 0.381. The molecule has 2 heteroatoms. The summed E-state index contributed by atoms with van der Waals surface area (Å²) in [4.78, 5) is 2.51. The molecule has 0 fully saturated rings. The Morgan fingerprint density at radius 1 is 1.25 bits per heavy atom. The van der Waals surface area contributed by atoms with Gasteiger partial charge in [0.25, 0.3) is 0 Å². The van der Waals surface area contributed by atoms with Crippen molar-refractivity contribution in [2.45, 2.75) is 39.0 Å². The molecule has 0 amide bonds. The van der Waals surface area contributed by atoms with Gasteiger partial charge in [-0.2, -0.15) is 0 Å². The number of fused-ring (bicyclic) bond motifs is 1. The van der Waals surface area contributed by atoms with Crippen LogP contribution in [0.3, 0.4) is 0 Å². The third-order valence-electron chi connectivity index (χ3n) is 4.10. The molecule has 16 heavy (non-hydrogen) atoms. The van der Waals surface area contributed by atoms with Crippen molar-refractivity contribution in [2.75, 3.05) is 18.0 Å². The summed E-state index contributed by atoms with van der Waals surface area (Å²) in [5.41, 5.74) is 3.36. The maximum atomic E-state index is 3.58. The molecule has 2 rings (SSSR count). The van der Waals surface area contributed by atoms with Gasteiger partial charge in [-0.3, -0.25) is 0 Å². The van der Waals surface area contributed by atoms with Crippen molar-refractivity contribution in [3.05, 3.63) is 28.2 Å². The molecule has 0 saturated carbocycles. The molecule has 1 aliphatic rings. The molecule has 1 aromatic carbocycles. The fraction of sp³-hybridized carbons (Fsp3) is 0.571. The molecular formula is C14H20BrN. The minimum Gasteiger partial charge on any atom is -0.371 e. The summed E-state index contributed by atoms with van der Waals surface area (Å²) >= 11 is 3.58. The van der Waals surface area contributed by atoms with Crippen molar-refractivity contribution in [1.29, 1.82) is 0 Å². The number of hydrogen-bond donors (Lipinski definition) is 0. The maximum Gasteiger partial charge on any atom is 0.0416 e. The first-order valence-electron chi connectivity index (χ1n) is 6.22. The first-order chi connectivity index (χ1) is 7.66. The van der Waals surface area contributed by atoms with Crippen molar-refractivity contribution in [2.24, 2.45) is 0 Å². The van der Waals surface area contributed by atoms with Gasteiger partial charge in [0, 0.05) is 28.7 Å². The second kappa shape index (κ2) is 4.40. The molecule has 1 heterocycles. The van der Waals surface area contributed by atoms with Gasteiger partial charge in [-0.05, 0) is 37.5 Å². The highest BCUT2D eigenvalue weighted by molar-refractivity contribution is 9.10. The van der Waals surface area contributed by atoms with E-state index in [4.69, 9.17) is 0 Å². The number of halogens is 1. The zero-order valence-electron chi connectivity index (χ0n) is 10.4.